The number of rotatable bonds is 3. The Morgan fingerprint density at radius 1 is 1.30 bits per heavy atom. The lowest BCUT2D eigenvalue weighted by Crippen LogP contribution is -2.39. The number of carbonyl (C=O) groups excluding carboxylic acids is 1. The number of pyridine rings is 1. The van der Waals surface area contributed by atoms with Crippen LogP contribution in [0.3, 0.4) is 0 Å². The van der Waals surface area contributed by atoms with Crippen LogP contribution in [0.2, 0.25) is 5.02 Å². The van der Waals surface area contributed by atoms with Gasteiger partial charge in [0.1, 0.15) is 5.75 Å². The van der Waals surface area contributed by atoms with Crippen LogP contribution in [0, 0.1) is 0 Å². The summed E-state index contributed by atoms with van der Waals surface area (Å²) in [5.74, 6) is 0.490. The van der Waals surface area contributed by atoms with Gasteiger partial charge in [0.25, 0.3) is 5.91 Å². The van der Waals surface area contributed by atoms with Gasteiger partial charge in [0.05, 0.1) is 24.4 Å². The van der Waals surface area contributed by atoms with Crippen LogP contribution in [0.1, 0.15) is 41.4 Å². The fraction of sp³-hybridized carbons (Fsp3) is 0.333. The third-order valence-electron chi connectivity index (χ3n) is 4.18. The molecular weight excluding hydrogens is 312 g/mol. The summed E-state index contributed by atoms with van der Waals surface area (Å²) in [5, 5.41) is 0.528. The topological polar surface area (TPSA) is 42.4 Å². The monoisotopic (exact) mass is 330 g/mol. The summed E-state index contributed by atoms with van der Waals surface area (Å²) in [6, 6.07) is 11.0. The van der Waals surface area contributed by atoms with E-state index in [2.05, 4.69) is 4.98 Å². The van der Waals surface area contributed by atoms with Crippen molar-refractivity contribution in [2.45, 2.75) is 25.3 Å². The van der Waals surface area contributed by atoms with Crippen molar-refractivity contribution in [3.63, 3.8) is 0 Å². The molecular formula is C18H19ClN2O2. The summed E-state index contributed by atoms with van der Waals surface area (Å²) >= 11 is 6.07. The van der Waals surface area contributed by atoms with Gasteiger partial charge >= 0.3 is 0 Å². The Balaban J connectivity index is 1.95. The molecule has 2 aromatic rings. The summed E-state index contributed by atoms with van der Waals surface area (Å²) in [4.78, 5) is 19.4. The van der Waals surface area contributed by atoms with Crippen LogP contribution in [0.5, 0.6) is 5.75 Å². The molecule has 0 bridgehead atoms. The molecule has 1 amide bonds. The first-order valence-corrected chi connectivity index (χ1v) is 8.14. The smallest absolute Gasteiger partial charge is 0.258 e. The number of methoxy groups -OCH3 is 1. The van der Waals surface area contributed by atoms with Crippen molar-refractivity contribution in [3.05, 3.63) is 58.9 Å². The van der Waals surface area contributed by atoms with Gasteiger partial charge in [-0.2, -0.15) is 0 Å². The normalized spacial score (nSPS) is 17.8. The highest BCUT2D eigenvalue weighted by Gasteiger charge is 2.30. The van der Waals surface area contributed by atoms with E-state index in [-0.39, 0.29) is 11.9 Å². The van der Waals surface area contributed by atoms with Crippen LogP contribution in [0.15, 0.2) is 42.6 Å². The Morgan fingerprint density at radius 2 is 2.17 bits per heavy atom. The molecule has 120 valence electrons. The number of likely N-dealkylation sites (tertiary alicyclic amines) is 1. The number of aromatic nitrogens is 1. The van der Waals surface area contributed by atoms with Crippen molar-refractivity contribution in [2.75, 3.05) is 13.7 Å². The highest BCUT2D eigenvalue weighted by atomic mass is 35.5. The van der Waals surface area contributed by atoms with E-state index in [1.54, 1.807) is 31.5 Å². The second-order valence-electron chi connectivity index (χ2n) is 5.61. The molecule has 0 spiro atoms. The third-order valence-corrected chi connectivity index (χ3v) is 4.42. The second kappa shape index (κ2) is 7.01. The van der Waals surface area contributed by atoms with E-state index in [9.17, 15) is 4.79 Å². The quantitative estimate of drug-likeness (QED) is 0.850. The van der Waals surface area contributed by atoms with Crippen molar-refractivity contribution < 1.29 is 9.53 Å². The lowest BCUT2D eigenvalue weighted by Gasteiger charge is -2.35. The zero-order chi connectivity index (χ0) is 16.2. The maximum Gasteiger partial charge on any atom is 0.258 e. The number of piperidine rings is 1. The molecule has 0 radical (unpaired) electrons. The molecule has 3 rings (SSSR count). The van der Waals surface area contributed by atoms with Crippen molar-refractivity contribution in [2.24, 2.45) is 0 Å². The van der Waals surface area contributed by atoms with Crippen molar-refractivity contribution in [1.82, 2.24) is 9.88 Å². The lowest BCUT2D eigenvalue weighted by atomic mass is 9.97. The molecule has 1 fully saturated rings. The first-order valence-electron chi connectivity index (χ1n) is 7.76. The zero-order valence-electron chi connectivity index (χ0n) is 13.0. The maximum atomic E-state index is 13.1. The van der Waals surface area contributed by atoms with Gasteiger partial charge < -0.3 is 9.64 Å². The standard InChI is InChI=1S/C18H19ClN2O2/c1-23-17-9-8-13(19)12-14(17)18(22)21-11-5-3-7-16(21)15-6-2-4-10-20-15/h2,4,6,8-10,12,16H,3,5,7,11H2,1H3. The predicted octanol–water partition coefficient (Wildman–Crippen LogP) is 4.11. The Labute approximate surface area is 141 Å². The largest absolute Gasteiger partial charge is 0.496 e. The van der Waals surface area contributed by atoms with Gasteiger partial charge in [-0.25, -0.2) is 0 Å². The molecule has 1 aromatic heterocycles. The molecule has 0 N–H and O–H groups in total. The number of hydrogen-bond donors (Lipinski definition) is 0. The predicted molar refractivity (Wildman–Crippen MR) is 89.9 cm³/mol. The molecule has 1 aliphatic heterocycles. The fourth-order valence-corrected chi connectivity index (χ4v) is 3.23. The first kappa shape index (κ1) is 15.8. The molecule has 1 saturated heterocycles. The Hall–Kier alpha value is -2.07. The van der Waals surface area contributed by atoms with E-state index in [1.165, 1.54) is 0 Å². The number of ether oxygens (including phenoxy) is 1. The molecule has 1 unspecified atom stereocenters. The van der Waals surface area contributed by atoms with Crippen molar-refractivity contribution in [1.29, 1.82) is 0 Å². The molecule has 4 nitrogen and oxygen atoms in total. The highest BCUT2D eigenvalue weighted by molar-refractivity contribution is 6.31. The minimum atomic E-state index is -0.0558. The molecule has 2 heterocycles. The van der Waals surface area contributed by atoms with E-state index in [4.69, 9.17) is 16.3 Å². The van der Waals surface area contributed by atoms with Gasteiger partial charge in [-0.1, -0.05) is 17.7 Å². The lowest BCUT2D eigenvalue weighted by molar-refractivity contribution is 0.0602. The first-order chi connectivity index (χ1) is 11.2. The number of nitrogens with zero attached hydrogens (tertiary/aromatic N) is 2. The minimum absolute atomic E-state index is 0.00105. The van der Waals surface area contributed by atoms with Gasteiger partial charge in [-0.3, -0.25) is 9.78 Å². The Bertz CT molecular complexity index is 691. The van der Waals surface area contributed by atoms with Crippen LogP contribution in [0.25, 0.3) is 0 Å². The summed E-state index contributed by atoms with van der Waals surface area (Å²) in [6.07, 6.45) is 4.79. The fourth-order valence-electron chi connectivity index (χ4n) is 3.06. The third kappa shape index (κ3) is 3.32. The van der Waals surface area contributed by atoms with Gasteiger partial charge in [-0.05, 0) is 49.6 Å². The summed E-state index contributed by atoms with van der Waals surface area (Å²) in [6.45, 7) is 0.718. The number of amides is 1. The van der Waals surface area contributed by atoms with Crippen LogP contribution >= 0.6 is 11.6 Å². The van der Waals surface area contributed by atoms with Gasteiger partial charge in [0.15, 0.2) is 0 Å². The maximum absolute atomic E-state index is 13.1. The Kier molecular flexibility index (Phi) is 4.82. The zero-order valence-corrected chi connectivity index (χ0v) is 13.8. The average Bonchev–Trinajstić information content (AvgIpc) is 2.62. The second-order valence-corrected chi connectivity index (χ2v) is 6.05. The number of carbonyl (C=O) groups is 1. The van der Waals surface area contributed by atoms with Crippen LogP contribution < -0.4 is 4.74 Å². The van der Waals surface area contributed by atoms with Crippen LogP contribution in [-0.2, 0) is 0 Å². The average molecular weight is 331 g/mol. The molecule has 23 heavy (non-hydrogen) atoms. The summed E-state index contributed by atoms with van der Waals surface area (Å²) in [5.41, 5.74) is 1.43. The minimum Gasteiger partial charge on any atom is -0.496 e. The molecule has 5 heteroatoms. The van der Waals surface area contributed by atoms with E-state index in [0.29, 0.717) is 16.3 Å². The molecule has 1 atom stereocenters. The summed E-state index contributed by atoms with van der Waals surface area (Å²) in [7, 11) is 1.56. The van der Waals surface area contributed by atoms with Crippen molar-refractivity contribution >= 4 is 17.5 Å². The van der Waals surface area contributed by atoms with Crippen LogP contribution in [-0.4, -0.2) is 29.4 Å². The van der Waals surface area contributed by atoms with E-state index >= 15 is 0 Å². The van der Waals surface area contributed by atoms with E-state index in [0.717, 1.165) is 31.5 Å². The van der Waals surface area contributed by atoms with E-state index in [1.807, 2.05) is 23.1 Å². The van der Waals surface area contributed by atoms with Gasteiger partial charge in [0.2, 0.25) is 0 Å². The number of benzene rings is 1. The number of halogens is 1. The van der Waals surface area contributed by atoms with Gasteiger partial charge in [-0.15, -0.1) is 0 Å². The molecule has 0 aliphatic carbocycles. The Morgan fingerprint density at radius 3 is 2.91 bits per heavy atom. The SMILES string of the molecule is COc1ccc(Cl)cc1C(=O)N1CCCCC1c1ccccn1. The molecule has 0 saturated carbocycles. The van der Waals surface area contributed by atoms with Crippen LogP contribution in [0.4, 0.5) is 0 Å². The molecule has 1 aromatic carbocycles. The van der Waals surface area contributed by atoms with E-state index < -0.39 is 0 Å². The highest BCUT2D eigenvalue weighted by Crippen LogP contribution is 2.33. The summed E-state index contributed by atoms with van der Waals surface area (Å²) < 4.78 is 5.33. The molecule has 1 aliphatic rings. The van der Waals surface area contributed by atoms with Crippen molar-refractivity contribution in [3.8, 4) is 5.75 Å². The van der Waals surface area contributed by atoms with Gasteiger partial charge in [0, 0.05) is 17.8 Å². The number of hydrogen-bond acceptors (Lipinski definition) is 3.